The van der Waals surface area contributed by atoms with Gasteiger partial charge in [0.2, 0.25) is 0 Å². The van der Waals surface area contributed by atoms with Crippen LogP contribution in [-0.4, -0.2) is 53.0 Å². The van der Waals surface area contributed by atoms with Crippen molar-refractivity contribution in [2.75, 3.05) is 31.1 Å². The molecule has 0 radical (unpaired) electrons. The summed E-state index contributed by atoms with van der Waals surface area (Å²) in [6, 6.07) is 6.03. The molecule has 1 aromatic carbocycles. The fourth-order valence-corrected chi connectivity index (χ4v) is 3.19. The van der Waals surface area contributed by atoms with Gasteiger partial charge in [-0.05, 0) is 26.8 Å². The molecule has 3 rings (SSSR count). The highest BCUT2D eigenvalue weighted by Gasteiger charge is 2.27. The van der Waals surface area contributed by atoms with Crippen LogP contribution < -0.4 is 4.90 Å². The second-order valence-corrected chi connectivity index (χ2v) is 7.68. The Morgan fingerprint density at radius 1 is 1.17 bits per heavy atom. The fourth-order valence-electron chi connectivity index (χ4n) is 2.72. The van der Waals surface area contributed by atoms with Gasteiger partial charge >= 0.3 is 6.09 Å². The molecule has 0 N–H and O–H groups in total. The summed E-state index contributed by atoms with van der Waals surface area (Å²) in [6.07, 6.45) is 1.51. The molecule has 2 aromatic rings. The summed E-state index contributed by atoms with van der Waals surface area (Å²) in [7, 11) is 0. The topological polar surface area (TPSA) is 58.6 Å². The summed E-state index contributed by atoms with van der Waals surface area (Å²) < 4.78 is 6.44. The minimum atomic E-state index is -0.471. The second-order valence-electron chi connectivity index (χ2n) is 6.82. The average molecular weight is 393 g/mol. The van der Waals surface area contributed by atoms with Gasteiger partial charge in [0.1, 0.15) is 5.60 Å². The first-order chi connectivity index (χ1) is 11.3. The molecule has 7 heteroatoms. The Kier molecular flexibility index (Phi) is 4.62. The maximum Gasteiger partial charge on any atom is 0.410 e. The predicted octanol–water partition coefficient (Wildman–Crippen LogP) is 3.45. The zero-order valence-corrected chi connectivity index (χ0v) is 15.7. The molecule has 0 unspecified atom stereocenters. The smallest absolute Gasteiger partial charge is 0.410 e. The number of nitrogens with zero attached hydrogens (tertiary/aromatic N) is 4. The van der Waals surface area contributed by atoms with Crippen LogP contribution in [0.2, 0.25) is 0 Å². The zero-order chi connectivity index (χ0) is 17.3. The Labute approximate surface area is 149 Å². The molecule has 1 fully saturated rings. The van der Waals surface area contributed by atoms with E-state index in [0.29, 0.717) is 26.2 Å². The van der Waals surface area contributed by atoms with Crippen LogP contribution in [0, 0.1) is 0 Å². The van der Waals surface area contributed by atoms with Crippen molar-refractivity contribution in [2.45, 2.75) is 26.4 Å². The van der Waals surface area contributed by atoms with Crippen LogP contribution in [0.25, 0.3) is 10.8 Å². The number of halogens is 1. The van der Waals surface area contributed by atoms with Gasteiger partial charge < -0.3 is 14.5 Å². The Bertz CT molecular complexity index is 752. The lowest BCUT2D eigenvalue weighted by atomic mass is 10.1. The minimum Gasteiger partial charge on any atom is -0.444 e. The first-order valence-electron chi connectivity index (χ1n) is 7.98. The molecule has 24 heavy (non-hydrogen) atoms. The van der Waals surface area contributed by atoms with Crippen LogP contribution in [0.15, 0.2) is 28.9 Å². The first kappa shape index (κ1) is 17.0. The number of hydrogen-bond acceptors (Lipinski definition) is 5. The number of anilines is 1. The third-order valence-electron chi connectivity index (χ3n) is 3.86. The molecular formula is C17H21BrN4O2. The van der Waals surface area contributed by atoms with E-state index in [9.17, 15) is 4.79 Å². The second kappa shape index (κ2) is 6.55. The van der Waals surface area contributed by atoms with Gasteiger partial charge in [0.25, 0.3) is 0 Å². The molecule has 0 atom stereocenters. The maximum atomic E-state index is 12.2. The molecule has 0 aliphatic carbocycles. The van der Waals surface area contributed by atoms with Gasteiger partial charge in [-0.25, -0.2) is 4.79 Å². The highest BCUT2D eigenvalue weighted by atomic mass is 79.9. The van der Waals surface area contributed by atoms with E-state index in [4.69, 9.17) is 4.74 Å². The number of benzene rings is 1. The van der Waals surface area contributed by atoms with E-state index < -0.39 is 5.60 Å². The molecule has 0 saturated carbocycles. The minimum absolute atomic E-state index is 0.256. The van der Waals surface area contributed by atoms with Crippen molar-refractivity contribution in [2.24, 2.45) is 0 Å². The lowest BCUT2D eigenvalue weighted by Crippen LogP contribution is -2.50. The van der Waals surface area contributed by atoms with Crippen molar-refractivity contribution < 1.29 is 9.53 Å². The Hall–Kier alpha value is -1.89. The van der Waals surface area contributed by atoms with Crippen molar-refractivity contribution in [1.29, 1.82) is 0 Å². The number of rotatable bonds is 1. The van der Waals surface area contributed by atoms with E-state index in [2.05, 4.69) is 31.0 Å². The van der Waals surface area contributed by atoms with Crippen LogP contribution in [0.5, 0.6) is 0 Å². The van der Waals surface area contributed by atoms with E-state index in [1.807, 2.05) is 39.0 Å². The normalized spacial score (nSPS) is 15.7. The van der Waals surface area contributed by atoms with Gasteiger partial charge in [0, 0.05) is 41.4 Å². The summed E-state index contributed by atoms with van der Waals surface area (Å²) >= 11 is 3.56. The number of piperazine rings is 1. The Morgan fingerprint density at radius 3 is 2.54 bits per heavy atom. The first-order valence-corrected chi connectivity index (χ1v) is 8.77. The fraction of sp³-hybridized carbons (Fsp3) is 0.471. The third-order valence-corrected chi connectivity index (χ3v) is 4.56. The molecule has 1 saturated heterocycles. The van der Waals surface area contributed by atoms with Gasteiger partial charge in [-0.15, -0.1) is 5.10 Å². The molecule has 0 spiro atoms. The maximum absolute atomic E-state index is 12.2. The molecule has 128 valence electrons. The van der Waals surface area contributed by atoms with Gasteiger partial charge in [-0.3, -0.25) is 0 Å². The number of ether oxygens (including phenoxy) is 1. The molecule has 1 aromatic heterocycles. The molecule has 6 nitrogen and oxygen atoms in total. The van der Waals surface area contributed by atoms with E-state index in [-0.39, 0.29) is 6.09 Å². The Balaban J connectivity index is 1.74. The van der Waals surface area contributed by atoms with Crippen molar-refractivity contribution in [3.8, 4) is 0 Å². The van der Waals surface area contributed by atoms with Crippen LogP contribution in [0.3, 0.4) is 0 Å². The summed E-state index contributed by atoms with van der Waals surface area (Å²) in [4.78, 5) is 16.1. The van der Waals surface area contributed by atoms with Gasteiger partial charge in [0.15, 0.2) is 5.82 Å². The monoisotopic (exact) mass is 392 g/mol. The summed E-state index contributed by atoms with van der Waals surface area (Å²) in [5, 5.41) is 10.5. The number of carbonyl (C=O) groups is 1. The molecule has 1 aliphatic heterocycles. The SMILES string of the molecule is CC(C)(C)OC(=O)N1CCN(c2nncc3c(Br)cccc23)CC1. The van der Waals surface area contributed by atoms with Gasteiger partial charge in [-0.1, -0.05) is 28.1 Å². The quantitative estimate of drug-likeness (QED) is 0.743. The predicted molar refractivity (Wildman–Crippen MR) is 97.3 cm³/mol. The molecular weight excluding hydrogens is 372 g/mol. The zero-order valence-electron chi connectivity index (χ0n) is 14.1. The van der Waals surface area contributed by atoms with Crippen molar-refractivity contribution in [1.82, 2.24) is 15.1 Å². The highest BCUT2D eigenvalue weighted by molar-refractivity contribution is 9.10. The molecule has 0 bridgehead atoms. The highest BCUT2D eigenvalue weighted by Crippen LogP contribution is 2.29. The van der Waals surface area contributed by atoms with Crippen molar-refractivity contribution in [3.63, 3.8) is 0 Å². The van der Waals surface area contributed by atoms with Gasteiger partial charge in [0.05, 0.1) is 6.20 Å². The summed E-state index contributed by atoms with van der Waals surface area (Å²) in [5.74, 6) is 0.859. The van der Waals surface area contributed by atoms with Crippen molar-refractivity contribution >= 4 is 38.6 Å². The molecule has 2 heterocycles. The van der Waals surface area contributed by atoms with Crippen LogP contribution in [-0.2, 0) is 4.74 Å². The lowest BCUT2D eigenvalue weighted by molar-refractivity contribution is 0.0240. The summed E-state index contributed by atoms with van der Waals surface area (Å²) in [6.45, 7) is 8.28. The largest absolute Gasteiger partial charge is 0.444 e. The summed E-state index contributed by atoms with van der Waals surface area (Å²) in [5.41, 5.74) is -0.471. The van der Waals surface area contributed by atoms with Crippen LogP contribution in [0.4, 0.5) is 10.6 Å². The molecule has 1 aliphatic rings. The third kappa shape index (κ3) is 3.61. The van der Waals surface area contributed by atoms with E-state index in [1.165, 1.54) is 0 Å². The Morgan fingerprint density at radius 2 is 1.88 bits per heavy atom. The van der Waals surface area contributed by atoms with E-state index in [0.717, 1.165) is 21.1 Å². The number of carbonyl (C=O) groups excluding carboxylic acids is 1. The number of aromatic nitrogens is 2. The lowest BCUT2D eigenvalue weighted by Gasteiger charge is -2.36. The van der Waals surface area contributed by atoms with Crippen LogP contribution in [0.1, 0.15) is 20.8 Å². The number of fused-ring (bicyclic) bond motifs is 1. The van der Waals surface area contributed by atoms with Crippen molar-refractivity contribution in [3.05, 3.63) is 28.9 Å². The number of hydrogen-bond donors (Lipinski definition) is 0. The molecule has 1 amide bonds. The standard InChI is InChI=1S/C17H21BrN4O2/c1-17(2,3)24-16(23)22-9-7-21(8-10-22)15-12-5-4-6-14(18)13(12)11-19-20-15/h4-6,11H,7-10H2,1-3H3. The van der Waals surface area contributed by atoms with Crippen LogP contribution >= 0.6 is 15.9 Å². The van der Waals surface area contributed by atoms with E-state index >= 15 is 0 Å². The van der Waals surface area contributed by atoms with E-state index in [1.54, 1.807) is 11.1 Å². The average Bonchev–Trinajstić information content (AvgIpc) is 2.53. The van der Waals surface area contributed by atoms with Gasteiger partial charge in [-0.2, -0.15) is 5.10 Å². The number of amides is 1.